The summed E-state index contributed by atoms with van der Waals surface area (Å²) in [4.78, 5) is 22.4. The molecule has 8 nitrogen and oxygen atoms in total. The molecule has 0 aromatic heterocycles. The molecule has 0 rings (SSSR count). The van der Waals surface area contributed by atoms with Crippen LogP contribution in [0.3, 0.4) is 0 Å². The molecular weight excluding hydrogens is 721 g/mol. The Kier molecular flexibility index (Phi) is 44.3. The van der Waals surface area contributed by atoms with Crippen molar-refractivity contribution in [3.8, 4) is 0 Å². The molecule has 0 aliphatic carbocycles. The summed E-state index contributed by atoms with van der Waals surface area (Å²) < 4.78 is 33.4. The highest BCUT2D eigenvalue weighted by Crippen LogP contribution is 2.43. The Balaban J connectivity index is 3.83. The molecule has 0 bridgehead atoms. The van der Waals surface area contributed by atoms with E-state index in [1.165, 1.54) is 167 Å². The van der Waals surface area contributed by atoms with Crippen LogP contribution in [0.15, 0.2) is 24.3 Å². The van der Waals surface area contributed by atoms with Crippen molar-refractivity contribution in [2.45, 2.75) is 238 Å². The molecule has 3 N–H and O–H groups in total. The van der Waals surface area contributed by atoms with Gasteiger partial charge >= 0.3 is 13.8 Å². The Labute approximate surface area is 346 Å². The molecule has 0 aliphatic heterocycles. The Morgan fingerprint density at radius 3 is 1.36 bits per heavy atom. The number of allylic oxidation sites excluding steroid dienone is 4. The number of carbonyl (C=O) groups excluding carboxylic acids is 1. The molecule has 0 aromatic carbocycles. The Bertz CT molecular complexity index is 915. The van der Waals surface area contributed by atoms with Crippen LogP contribution in [-0.2, 0) is 27.9 Å². The lowest BCUT2D eigenvalue weighted by Gasteiger charge is -2.20. The molecular formula is C47H92NO7P. The molecule has 9 heteroatoms. The van der Waals surface area contributed by atoms with E-state index < -0.39 is 13.9 Å². The van der Waals surface area contributed by atoms with Gasteiger partial charge in [-0.1, -0.05) is 192 Å². The molecule has 0 fully saturated rings. The van der Waals surface area contributed by atoms with Crippen LogP contribution in [0.1, 0.15) is 232 Å². The predicted octanol–water partition coefficient (Wildman–Crippen LogP) is 14.4. The quantitative estimate of drug-likeness (QED) is 0.0270. The number of hydrogen-bond donors (Lipinski definition) is 2. The number of nitrogens with two attached hydrogens (primary N) is 1. The van der Waals surface area contributed by atoms with Gasteiger partial charge in [0.2, 0.25) is 0 Å². The summed E-state index contributed by atoms with van der Waals surface area (Å²) in [5.74, 6) is -0.338. The van der Waals surface area contributed by atoms with Crippen molar-refractivity contribution in [3.63, 3.8) is 0 Å². The van der Waals surface area contributed by atoms with Crippen molar-refractivity contribution in [1.29, 1.82) is 0 Å². The van der Waals surface area contributed by atoms with Crippen LogP contribution in [0.25, 0.3) is 0 Å². The highest BCUT2D eigenvalue weighted by Gasteiger charge is 2.25. The largest absolute Gasteiger partial charge is 0.472 e. The summed E-state index contributed by atoms with van der Waals surface area (Å²) in [6.45, 7) is 4.90. The number of rotatable bonds is 46. The fraction of sp³-hybridized carbons (Fsp3) is 0.894. The van der Waals surface area contributed by atoms with Crippen LogP contribution >= 0.6 is 7.82 Å². The fourth-order valence-electron chi connectivity index (χ4n) is 6.80. The van der Waals surface area contributed by atoms with E-state index in [0.29, 0.717) is 13.0 Å². The van der Waals surface area contributed by atoms with E-state index in [4.69, 9.17) is 24.3 Å². The van der Waals surface area contributed by atoms with Gasteiger partial charge in [0.05, 0.1) is 19.8 Å². The minimum Gasteiger partial charge on any atom is -0.457 e. The molecule has 0 spiro atoms. The van der Waals surface area contributed by atoms with Crippen molar-refractivity contribution in [2.75, 3.05) is 33.0 Å². The maximum Gasteiger partial charge on any atom is 0.472 e. The smallest absolute Gasteiger partial charge is 0.457 e. The second-order valence-electron chi connectivity index (χ2n) is 16.0. The molecule has 0 heterocycles. The van der Waals surface area contributed by atoms with Gasteiger partial charge in [0.1, 0.15) is 6.10 Å². The fourth-order valence-corrected chi connectivity index (χ4v) is 7.56. The molecule has 56 heavy (non-hydrogen) atoms. The van der Waals surface area contributed by atoms with Crippen LogP contribution in [0.2, 0.25) is 0 Å². The number of unbranched alkanes of at least 4 members (excludes halogenated alkanes) is 29. The number of hydrogen-bond acceptors (Lipinski definition) is 7. The molecule has 332 valence electrons. The van der Waals surface area contributed by atoms with Gasteiger partial charge in [-0.05, 0) is 57.8 Å². The van der Waals surface area contributed by atoms with E-state index in [1.54, 1.807) is 0 Å². The summed E-state index contributed by atoms with van der Waals surface area (Å²) >= 11 is 0. The third kappa shape index (κ3) is 44.1. The number of phosphoric acid groups is 1. The minimum absolute atomic E-state index is 0.0953. The maximum absolute atomic E-state index is 12.5. The van der Waals surface area contributed by atoms with Crippen molar-refractivity contribution >= 4 is 13.8 Å². The van der Waals surface area contributed by atoms with Gasteiger partial charge in [0.25, 0.3) is 0 Å². The third-order valence-electron chi connectivity index (χ3n) is 10.3. The van der Waals surface area contributed by atoms with Crippen molar-refractivity contribution in [2.24, 2.45) is 5.73 Å². The molecule has 0 radical (unpaired) electrons. The molecule has 2 atom stereocenters. The third-order valence-corrected chi connectivity index (χ3v) is 11.3. The SMILES string of the molecule is CCCC/C=C\CCCCCCCC(=O)OC(COCCCCCCCCCCCCCCCC/C=C\CCCCCCCCCC)COP(=O)(O)OCCN. The first-order valence-electron chi connectivity index (χ1n) is 23.8. The normalized spacial score (nSPS) is 13.6. The topological polar surface area (TPSA) is 117 Å². The second-order valence-corrected chi connectivity index (χ2v) is 17.4. The van der Waals surface area contributed by atoms with E-state index in [-0.39, 0.29) is 32.3 Å². The van der Waals surface area contributed by atoms with Crippen LogP contribution in [0.4, 0.5) is 0 Å². The van der Waals surface area contributed by atoms with E-state index in [9.17, 15) is 14.3 Å². The van der Waals surface area contributed by atoms with Gasteiger partial charge in [-0.15, -0.1) is 0 Å². The zero-order chi connectivity index (χ0) is 40.9. The van der Waals surface area contributed by atoms with Crippen LogP contribution in [-0.4, -0.2) is 49.9 Å². The van der Waals surface area contributed by atoms with Crippen molar-refractivity contribution in [1.82, 2.24) is 0 Å². The lowest BCUT2D eigenvalue weighted by molar-refractivity contribution is -0.154. The molecule has 0 saturated heterocycles. The average molecular weight is 814 g/mol. The Morgan fingerprint density at radius 1 is 0.518 bits per heavy atom. The molecule has 0 amide bonds. The number of phosphoric ester groups is 1. The number of esters is 1. The van der Waals surface area contributed by atoms with Crippen LogP contribution in [0, 0.1) is 0 Å². The second kappa shape index (κ2) is 45.1. The minimum atomic E-state index is -4.27. The van der Waals surface area contributed by atoms with Gasteiger partial charge in [-0.2, -0.15) is 0 Å². The van der Waals surface area contributed by atoms with E-state index in [2.05, 4.69) is 38.2 Å². The molecule has 0 aromatic rings. The lowest BCUT2D eigenvalue weighted by atomic mass is 10.0. The van der Waals surface area contributed by atoms with Crippen LogP contribution < -0.4 is 5.73 Å². The zero-order valence-electron chi connectivity index (χ0n) is 36.9. The molecule has 0 aliphatic rings. The first-order valence-corrected chi connectivity index (χ1v) is 25.3. The predicted molar refractivity (Wildman–Crippen MR) is 238 cm³/mol. The molecule has 0 saturated carbocycles. The Hall–Kier alpha value is -1.02. The van der Waals surface area contributed by atoms with Gasteiger partial charge in [0, 0.05) is 19.6 Å². The standard InChI is InChI=1S/C47H92NO7P/c1-3-5-7-9-11-13-15-16-17-18-19-20-21-22-23-24-25-26-27-28-29-31-33-35-37-39-42-52-44-46(45-54-56(50,51)53-43-41-48)55-47(49)40-38-36-34-32-30-14-12-10-8-6-4-2/h10,12,18-19,46H,3-9,11,13-17,20-45,48H2,1-2H3,(H,50,51)/b12-10-,19-18-. The van der Waals surface area contributed by atoms with E-state index in [1.807, 2.05) is 0 Å². The summed E-state index contributed by atoms with van der Waals surface area (Å²) in [7, 11) is -4.27. The van der Waals surface area contributed by atoms with Crippen molar-refractivity contribution in [3.05, 3.63) is 24.3 Å². The number of carbonyl (C=O) groups is 1. The summed E-state index contributed by atoms with van der Waals surface area (Å²) in [5.41, 5.74) is 5.37. The van der Waals surface area contributed by atoms with Gasteiger partial charge in [0.15, 0.2) is 0 Å². The van der Waals surface area contributed by atoms with Gasteiger partial charge in [-0.25, -0.2) is 4.57 Å². The van der Waals surface area contributed by atoms with E-state index >= 15 is 0 Å². The lowest BCUT2D eigenvalue weighted by Crippen LogP contribution is -2.28. The maximum atomic E-state index is 12.5. The van der Waals surface area contributed by atoms with E-state index in [0.717, 1.165) is 44.9 Å². The number of ether oxygens (including phenoxy) is 2. The summed E-state index contributed by atoms with van der Waals surface area (Å²) in [6.07, 6.45) is 50.8. The zero-order valence-corrected chi connectivity index (χ0v) is 37.8. The van der Waals surface area contributed by atoms with Crippen molar-refractivity contribution < 1.29 is 32.8 Å². The first-order chi connectivity index (χ1) is 27.4. The van der Waals surface area contributed by atoms with Gasteiger partial charge < -0.3 is 20.1 Å². The average Bonchev–Trinajstić information content (AvgIpc) is 3.19. The summed E-state index contributed by atoms with van der Waals surface area (Å²) in [6, 6.07) is 0. The first kappa shape index (κ1) is 55.0. The molecule has 2 unspecified atom stereocenters. The highest BCUT2D eigenvalue weighted by atomic mass is 31.2. The monoisotopic (exact) mass is 814 g/mol. The van der Waals surface area contributed by atoms with Crippen LogP contribution in [0.5, 0.6) is 0 Å². The Morgan fingerprint density at radius 2 is 0.911 bits per heavy atom. The summed E-state index contributed by atoms with van der Waals surface area (Å²) in [5, 5.41) is 0. The highest BCUT2D eigenvalue weighted by molar-refractivity contribution is 7.47. The van der Waals surface area contributed by atoms with Gasteiger partial charge in [-0.3, -0.25) is 13.8 Å².